The molecule has 0 saturated carbocycles. The van der Waals surface area contributed by atoms with Crippen molar-refractivity contribution in [3.63, 3.8) is 0 Å². The van der Waals surface area contributed by atoms with Crippen LogP contribution in [0.15, 0.2) is 53.4 Å². The van der Waals surface area contributed by atoms with E-state index in [9.17, 15) is 9.59 Å². The van der Waals surface area contributed by atoms with E-state index in [-0.39, 0.29) is 17.6 Å². The van der Waals surface area contributed by atoms with Crippen molar-refractivity contribution in [2.24, 2.45) is 0 Å². The van der Waals surface area contributed by atoms with Crippen LogP contribution >= 0.6 is 11.8 Å². The predicted molar refractivity (Wildman–Crippen MR) is 112 cm³/mol. The zero-order valence-electron chi connectivity index (χ0n) is 15.9. The summed E-state index contributed by atoms with van der Waals surface area (Å²) >= 11 is 1.38. The van der Waals surface area contributed by atoms with Crippen molar-refractivity contribution in [1.82, 2.24) is 10.2 Å². The molecule has 1 fully saturated rings. The van der Waals surface area contributed by atoms with E-state index >= 15 is 0 Å². The van der Waals surface area contributed by atoms with E-state index in [4.69, 9.17) is 4.74 Å². The summed E-state index contributed by atoms with van der Waals surface area (Å²) in [6.07, 6.45) is 0.948. The summed E-state index contributed by atoms with van der Waals surface area (Å²) < 4.78 is 5.17. The highest BCUT2D eigenvalue weighted by atomic mass is 32.2. The number of hydrogen-bond donors (Lipinski definition) is 2. The van der Waals surface area contributed by atoms with Crippen molar-refractivity contribution in [2.45, 2.75) is 11.3 Å². The SMILES string of the molecule is COc1cccc(NC(=O)CSc2ccccc2C(=O)N2CCCNCC2)c1. The van der Waals surface area contributed by atoms with Crippen LogP contribution in [0.4, 0.5) is 5.69 Å². The lowest BCUT2D eigenvalue weighted by Crippen LogP contribution is -2.34. The number of nitrogens with zero attached hydrogens (tertiary/aromatic N) is 1. The Bertz CT molecular complexity index is 820. The second-order valence-electron chi connectivity index (χ2n) is 6.46. The van der Waals surface area contributed by atoms with Gasteiger partial charge in [0.05, 0.1) is 18.4 Å². The van der Waals surface area contributed by atoms with E-state index in [0.717, 1.165) is 31.0 Å². The Morgan fingerprint density at radius 3 is 2.86 bits per heavy atom. The zero-order chi connectivity index (χ0) is 19.8. The average molecular weight is 400 g/mol. The van der Waals surface area contributed by atoms with Crippen molar-refractivity contribution in [3.8, 4) is 5.75 Å². The molecule has 148 valence electrons. The standard InChI is InChI=1S/C21H25N3O3S/c1-27-17-7-4-6-16(14-17)23-20(25)15-28-19-9-3-2-8-18(19)21(26)24-12-5-10-22-11-13-24/h2-4,6-9,14,22H,5,10-13,15H2,1H3,(H,23,25). The highest BCUT2D eigenvalue weighted by Crippen LogP contribution is 2.25. The lowest BCUT2D eigenvalue weighted by Gasteiger charge is -2.21. The summed E-state index contributed by atoms with van der Waals surface area (Å²) in [5.74, 6) is 0.816. The number of ether oxygens (including phenoxy) is 1. The van der Waals surface area contributed by atoms with Crippen molar-refractivity contribution < 1.29 is 14.3 Å². The maximum Gasteiger partial charge on any atom is 0.255 e. The van der Waals surface area contributed by atoms with Gasteiger partial charge in [0, 0.05) is 36.3 Å². The number of hydrogen-bond acceptors (Lipinski definition) is 5. The highest BCUT2D eigenvalue weighted by molar-refractivity contribution is 8.00. The fourth-order valence-electron chi connectivity index (χ4n) is 3.03. The van der Waals surface area contributed by atoms with Crippen LogP contribution in [0.5, 0.6) is 5.75 Å². The van der Waals surface area contributed by atoms with Crippen LogP contribution in [0.2, 0.25) is 0 Å². The minimum absolute atomic E-state index is 0.0278. The van der Waals surface area contributed by atoms with E-state index in [1.165, 1.54) is 11.8 Å². The number of thioether (sulfide) groups is 1. The molecule has 0 aliphatic carbocycles. The van der Waals surface area contributed by atoms with Gasteiger partial charge in [0.25, 0.3) is 5.91 Å². The molecule has 1 saturated heterocycles. The lowest BCUT2D eigenvalue weighted by molar-refractivity contribution is -0.113. The van der Waals surface area contributed by atoms with Gasteiger partial charge in [-0.25, -0.2) is 0 Å². The summed E-state index contributed by atoms with van der Waals surface area (Å²) in [6.45, 7) is 3.20. The molecule has 28 heavy (non-hydrogen) atoms. The quantitative estimate of drug-likeness (QED) is 0.731. The molecule has 2 N–H and O–H groups in total. The molecule has 2 aromatic carbocycles. The first-order valence-corrected chi connectivity index (χ1v) is 10.3. The van der Waals surface area contributed by atoms with Crippen molar-refractivity contribution in [2.75, 3.05) is 44.4 Å². The van der Waals surface area contributed by atoms with Crippen LogP contribution in [-0.2, 0) is 4.79 Å². The normalized spacial score (nSPS) is 14.2. The molecule has 2 amide bonds. The van der Waals surface area contributed by atoms with E-state index < -0.39 is 0 Å². The fraction of sp³-hybridized carbons (Fsp3) is 0.333. The minimum atomic E-state index is -0.125. The number of rotatable bonds is 6. The average Bonchev–Trinajstić information content (AvgIpc) is 3.01. The maximum absolute atomic E-state index is 12.9. The lowest BCUT2D eigenvalue weighted by atomic mass is 10.2. The number of amides is 2. The van der Waals surface area contributed by atoms with Crippen molar-refractivity contribution in [3.05, 3.63) is 54.1 Å². The summed E-state index contributed by atoms with van der Waals surface area (Å²) in [6, 6.07) is 14.7. The molecular formula is C21H25N3O3S. The van der Waals surface area contributed by atoms with Crippen molar-refractivity contribution in [1.29, 1.82) is 0 Å². The van der Waals surface area contributed by atoms with Crippen LogP contribution < -0.4 is 15.4 Å². The van der Waals surface area contributed by atoms with Crippen LogP contribution in [0.1, 0.15) is 16.8 Å². The number of carbonyl (C=O) groups is 2. The van der Waals surface area contributed by atoms with Crippen LogP contribution in [-0.4, -0.2) is 55.8 Å². The van der Waals surface area contributed by atoms with Gasteiger partial charge in [-0.05, 0) is 37.2 Å². The molecule has 1 heterocycles. The van der Waals surface area contributed by atoms with E-state index in [0.29, 0.717) is 23.5 Å². The zero-order valence-corrected chi connectivity index (χ0v) is 16.8. The number of methoxy groups -OCH3 is 1. The van der Waals surface area contributed by atoms with Crippen LogP contribution in [0.25, 0.3) is 0 Å². The van der Waals surface area contributed by atoms with Crippen molar-refractivity contribution >= 4 is 29.3 Å². The first kappa shape index (κ1) is 20.2. The first-order valence-electron chi connectivity index (χ1n) is 9.33. The maximum atomic E-state index is 12.9. The predicted octanol–water partition coefficient (Wildman–Crippen LogP) is 2.86. The summed E-state index contributed by atoms with van der Waals surface area (Å²) in [5, 5.41) is 6.17. The number of anilines is 1. The topological polar surface area (TPSA) is 70.7 Å². The summed E-state index contributed by atoms with van der Waals surface area (Å²) in [7, 11) is 1.59. The first-order chi connectivity index (χ1) is 13.7. The highest BCUT2D eigenvalue weighted by Gasteiger charge is 2.20. The van der Waals surface area contributed by atoms with Gasteiger partial charge in [0.1, 0.15) is 5.75 Å². The Balaban J connectivity index is 1.62. The van der Waals surface area contributed by atoms with E-state index in [1.807, 2.05) is 47.4 Å². The molecule has 0 radical (unpaired) electrons. The number of benzene rings is 2. The monoisotopic (exact) mass is 399 g/mol. The molecule has 3 rings (SSSR count). The van der Waals surface area contributed by atoms with E-state index in [2.05, 4.69) is 10.6 Å². The third-order valence-corrected chi connectivity index (χ3v) is 5.53. The van der Waals surface area contributed by atoms with Crippen LogP contribution in [0, 0.1) is 0 Å². The summed E-state index contributed by atoms with van der Waals surface area (Å²) in [4.78, 5) is 28.0. The Morgan fingerprint density at radius 1 is 1.14 bits per heavy atom. The number of carbonyl (C=O) groups excluding carboxylic acids is 2. The third-order valence-electron chi connectivity index (χ3n) is 4.46. The molecule has 0 spiro atoms. The van der Waals surface area contributed by atoms with Gasteiger partial charge in [-0.2, -0.15) is 0 Å². The van der Waals surface area contributed by atoms with Gasteiger partial charge in [-0.3, -0.25) is 9.59 Å². The Morgan fingerprint density at radius 2 is 2.00 bits per heavy atom. The third kappa shape index (κ3) is 5.50. The molecule has 1 aliphatic rings. The van der Waals surface area contributed by atoms with Gasteiger partial charge in [-0.1, -0.05) is 18.2 Å². The molecule has 2 aromatic rings. The van der Waals surface area contributed by atoms with Gasteiger partial charge in [0.15, 0.2) is 0 Å². The smallest absolute Gasteiger partial charge is 0.255 e. The molecule has 0 atom stereocenters. The molecule has 7 heteroatoms. The fourth-order valence-corrected chi connectivity index (χ4v) is 3.87. The van der Waals surface area contributed by atoms with Crippen LogP contribution in [0.3, 0.4) is 0 Å². The van der Waals surface area contributed by atoms with Gasteiger partial charge in [-0.15, -0.1) is 11.8 Å². The molecular weight excluding hydrogens is 374 g/mol. The van der Waals surface area contributed by atoms with Gasteiger partial charge >= 0.3 is 0 Å². The molecule has 0 aromatic heterocycles. The van der Waals surface area contributed by atoms with E-state index in [1.54, 1.807) is 13.2 Å². The minimum Gasteiger partial charge on any atom is -0.497 e. The Kier molecular flexibility index (Phi) is 7.33. The molecule has 0 bridgehead atoms. The van der Waals surface area contributed by atoms with Gasteiger partial charge < -0.3 is 20.3 Å². The number of nitrogens with one attached hydrogen (secondary N) is 2. The second kappa shape index (κ2) is 10.1. The van der Waals surface area contributed by atoms with Gasteiger partial charge in [0.2, 0.25) is 5.91 Å². The Labute approximate surface area is 169 Å². The second-order valence-corrected chi connectivity index (χ2v) is 7.48. The molecule has 1 aliphatic heterocycles. The molecule has 0 unspecified atom stereocenters. The molecule has 6 nitrogen and oxygen atoms in total. The summed E-state index contributed by atoms with van der Waals surface area (Å²) in [5.41, 5.74) is 1.34. The Hall–Kier alpha value is -2.51. The largest absolute Gasteiger partial charge is 0.497 e.